The van der Waals surface area contributed by atoms with E-state index in [1.54, 1.807) is 13.0 Å². The van der Waals surface area contributed by atoms with Crippen LogP contribution in [0.2, 0.25) is 0 Å². The maximum Gasteiger partial charge on any atom is 0.280 e. The third-order valence-corrected chi connectivity index (χ3v) is 1.91. The molecule has 0 amide bonds. The highest BCUT2D eigenvalue weighted by Crippen LogP contribution is 2.25. The van der Waals surface area contributed by atoms with Crippen LogP contribution in [0, 0.1) is 6.92 Å². The van der Waals surface area contributed by atoms with Crippen molar-refractivity contribution in [3.05, 3.63) is 22.9 Å². The summed E-state index contributed by atoms with van der Waals surface area (Å²) in [5.41, 5.74) is 6.23. The van der Waals surface area contributed by atoms with Crippen molar-refractivity contribution in [2.75, 3.05) is 7.11 Å². The zero-order valence-electron chi connectivity index (χ0n) is 8.05. The minimum Gasteiger partial charge on any atom is -0.481 e. The Bertz CT molecular complexity index is 329. The van der Waals surface area contributed by atoms with Gasteiger partial charge in [0, 0.05) is 12.1 Å². The first-order valence-electron chi connectivity index (χ1n) is 4.12. The van der Waals surface area contributed by atoms with Crippen molar-refractivity contribution in [3.8, 4) is 5.88 Å². The molecule has 14 heavy (non-hydrogen) atoms. The van der Waals surface area contributed by atoms with Gasteiger partial charge < -0.3 is 10.5 Å². The summed E-state index contributed by atoms with van der Waals surface area (Å²) in [5, 5.41) is 0. The number of pyridine rings is 1. The van der Waals surface area contributed by atoms with E-state index in [1.165, 1.54) is 7.11 Å². The lowest BCUT2D eigenvalue weighted by molar-refractivity contribution is 0.144. The van der Waals surface area contributed by atoms with Gasteiger partial charge in [-0.3, -0.25) is 0 Å². The molecular formula is C9H12F2N2O. The van der Waals surface area contributed by atoms with E-state index in [0.717, 1.165) is 0 Å². The summed E-state index contributed by atoms with van der Waals surface area (Å²) in [6.45, 7) is 1.80. The van der Waals surface area contributed by atoms with Gasteiger partial charge in [-0.2, -0.15) is 0 Å². The van der Waals surface area contributed by atoms with Gasteiger partial charge in [-0.25, -0.2) is 13.8 Å². The average Bonchev–Trinajstić information content (AvgIpc) is 2.16. The van der Waals surface area contributed by atoms with Gasteiger partial charge in [0.15, 0.2) is 0 Å². The summed E-state index contributed by atoms with van der Waals surface area (Å²) >= 11 is 0. The molecule has 3 nitrogen and oxygen atoms in total. The van der Waals surface area contributed by atoms with Crippen LogP contribution in [0.15, 0.2) is 6.07 Å². The van der Waals surface area contributed by atoms with Crippen LogP contribution in [0.5, 0.6) is 5.88 Å². The number of rotatable bonds is 3. The summed E-state index contributed by atoms with van der Waals surface area (Å²) in [7, 11) is 1.38. The molecule has 0 spiro atoms. The molecule has 0 aliphatic heterocycles. The summed E-state index contributed by atoms with van der Waals surface area (Å²) in [6.07, 6.45) is -2.59. The van der Waals surface area contributed by atoms with Gasteiger partial charge in [-0.05, 0) is 18.6 Å². The van der Waals surface area contributed by atoms with Gasteiger partial charge in [-0.15, -0.1) is 0 Å². The van der Waals surface area contributed by atoms with E-state index in [4.69, 9.17) is 10.5 Å². The van der Waals surface area contributed by atoms with Crippen molar-refractivity contribution in [2.24, 2.45) is 5.73 Å². The quantitative estimate of drug-likeness (QED) is 0.812. The molecule has 78 valence electrons. The zero-order chi connectivity index (χ0) is 10.7. The van der Waals surface area contributed by atoms with Crippen LogP contribution in [0.1, 0.15) is 23.2 Å². The molecule has 0 radical (unpaired) electrons. The van der Waals surface area contributed by atoms with Crippen molar-refractivity contribution in [1.29, 1.82) is 0 Å². The molecule has 1 aromatic rings. The Kier molecular flexibility index (Phi) is 3.35. The molecule has 5 heteroatoms. The fourth-order valence-corrected chi connectivity index (χ4v) is 1.21. The number of hydrogen-bond acceptors (Lipinski definition) is 3. The van der Waals surface area contributed by atoms with E-state index in [2.05, 4.69) is 4.98 Å². The predicted molar refractivity (Wildman–Crippen MR) is 48.4 cm³/mol. The SMILES string of the molecule is COc1nc(C(F)F)c(C)cc1CN. The van der Waals surface area contributed by atoms with Gasteiger partial charge in [0.05, 0.1) is 7.11 Å². The largest absolute Gasteiger partial charge is 0.481 e. The summed E-state index contributed by atoms with van der Waals surface area (Å²) in [6, 6.07) is 1.58. The Morgan fingerprint density at radius 1 is 1.57 bits per heavy atom. The van der Waals surface area contributed by atoms with E-state index in [0.29, 0.717) is 11.1 Å². The minimum absolute atomic E-state index is 0.174. The van der Waals surface area contributed by atoms with Crippen molar-refractivity contribution in [2.45, 2.75) is 19.9 Å². The van der Waals surface area contributed by atoms with Crippen LogP contribution in [0.4, 0.5) is 8.78 Å². The Morgan fingerprint density at radius 3 is 2.64 bits per heavy atom. The lowest BCUT2D eigenvalue weighted by Crippen LogP contribution is -2.05. The highest BCUT2D eigenvalue weighted by atomic mass is 19.3. The molecule has 0 saturated heterocycles. The number of alkyl halides is 2. The molecule has 1 rings (SSSR count). The molecule has 0 aliphatic rings. The van der Waals surface area contributed by atoms with E-state index >= 15 is 0 Å². The van der Waals surface area contributed by atoms with E-state index < -0.39 is 6.43 Å². The molecule has 0 aliphatic carbocycles. The van der Waals surface area contributed by atoms with Gasteiger partial charge in [0.1, 0.15) is 5.69 Å². The van der Waals surface area contributed by atoms with Crippen molar-refractivity contribution in [3.63, 3.8) is 0 Å². The minimum atomic E-state index is -2.59. The smallest absolute Gasteiger partial charge is 0.280 e. The van der Waals surface area contributed by atoms with Gasteiger partial charge in [-0.1, -0.05) is 0 Å². The maximum atomic E-state index is 12.4. The fraction of sp³-hybridized carbons (Fsp3) is 0.444. The number of hydrogen-bond donors (Lipinski definition) is 1. The Labute approximate surface area is 80.9 Å². The summed E-state index contributed by atoms with van der Waals surface area (Å²) in [5.74, 6) is 0.174. The van der Waals surface area contributed by atoms with E-state index in [1.807, 2.05) is 0 Å². The summed E-state index contributed by atoms with van der Waals surface area (Å²) in [4.78, 5) is 3.71. The van der Waals surface area contributed by atoms with Crippen LogP contribution in [0.3, 0.4) is 0 Å². The average molecular weight is 202 g/mol. The van der Waals surface area contributed by atoms with Crippen LogP contribution < -0.4 is 10.5 Å². The first-order chi connectivity index (χ1) is 6.60. The number of aryl methyl sites for hydroxylation is 1. The molecule has 1 aromatic heterocycles. The normalized spacial score (nSPS) is 10.7. The van der Waals surface area contributed by atoms with Gasteiger partial charge in [0.2, 0.25) is 5.88 Å². The number of ether oxygens (including phenoxy) is 1. The molecule has 2 N–H and O–H groups in total. The molecule has 0 unspecified atom stereocenters. The third-order valence-electron chi connectivity index (χ3n) is 1.91. The van der Waals surface area contributed by atoms with E-state index in [-0.39, 0.29) is 18.1 Å². The Balaban J connectivity index is 3.23. The second kappa shape index (κ2) is 4.32. The first-order valence-corrected chi connectivity index (χ1v) is 4.12. The molecular weight excluding hydrogens is 190 g/mol. The predicted octanol–water partition coefficient (Wildman–Crippen LogP) is 1.79. The molecule has 1 heterocycles. The highest BCUT2D eigenvalue weighted by molar-refractivity contribution is 5.34. The molecule has 0 fully saturated rings. The van der Waals surface area contributed by atoms with Crippen molar-refractivity contribution < 1.29 is 13.5 Å². The molecule has 0 bridgehead atoms. The van der Waals surface area contributed by atoms with Crippen LogP contribution in [0.25, 0.3) is 0 Å². The monoisotopic (exact) mass is 202 g/mol. The first kappa shape index (κ1) is 10.8. The topological polar surface area (TPSA) is 48.1 Å². The van der Waals surface area contributed by atoms with Crippen LogP contribution in [-0.2, 0) is 6.54 Å². The standard InChI is InChI=1S/C9H12F2N2O/c1-5-3-6(4-12)9(14-2)13-7(5)8(10)11/h3,8H,4,12H2,1-2H3. The molecule has 0 atom stereocenters. The van der Waals surface area contributed by atoms with Crippen LogP contribution >= 0.6 is 0 Å². The second-order valence-electron chi connectivity index (χ2n) is 2.86. The molecule has 0 saturated carbocycles. The van der Waals surface area contributed by atoms with Crippen LogP contribution in [-0.4, -0.2) is 12.1 Å². The van der Waals surface area contributed by atoms with Crippen molar-refractivity contribution in [1.82, 2.24) is 4.98 Å². The highest BCUT2D eigenvalue weighted by Gasteiger charge is 2.16. The lowest BCUT2D eigenvalue weighted by Gasteiger charge is -2.10. The van der Waals surface area contributed by atoms with E-state index in [9.17, 15) is 8.78 Å². The number of nitrogens with two attached hydrogens (primary N) is 1. The second-order valence-corrected chi connectivity index (χ2v) is 2.86. The number of aromatic nitrogens is 1. The third kappa shape index (κ3) is 1.98. The van der Waals surface area contributed by atoms with Gasteiger partial charge in [0.25, 0.3) is 6.43 Å². The number of methoxy groups -OCH3 is 1. The summed E-state index contributed by atoms with van der Waals surface area (Å²) < 4.78 is 29.7. The lowest BCUT2D eigenvalue weighted by atomic mass is 10.1. The number of halogens is 2. The Morgan fingerprint density at radius 2 is 2.21 bits per heavy atom. The fourth-order valence-electron chi connectivity index (χ4n) is 1.21. The maximum absolute atomic E-state index is 12.4. The zero-order valence-corrected chi connectivity index (χ0v) is 8.05. The van der Waals surface area contributed by atoms with Gasteiger partial charge >= 0.3 is 0 Å². The Hall–Kier alpha value is -1.23. The number of nitrogens with zero attached hydrogens (tertiary/aromatic N) is 1. The molecule has 0 aromatic carbocycles. The van der Waals surface area contributed by atoms with Crippen molar-refractivity contribution >= 4 is 0 Å².